The summed E-state index contributed by atoms with van der Waals surface area (Å²) in [6, 6.07) is 32.3. The van der Waals surface area contributed by atoms with Gasteiger partial charge in [0.1, 0.15) is 0 Å². The molecule has 0 nitrogen and oxygen atoms in total. The van der Waals surface area contributed by atoms with E-state index in [0.717, 1.165) is 0 Å². The molecule has 0 bridgehead atoms. The Morgan fingerprint density at radius 1 is 0.395 bits per heavy atom. The van der Waals surface area contributed by atoms with Gasteiger partial charge in [-0.25, -0.2) is 0 Å². The zero-order valence-corrected chi connectivity index (χ0v) is 23.1. The molecule has 0 saturated carbocycles. The third-order valence-corrected chi connectivity index (χ3v) is 8.50. The van der Waals surface area contributed by atoms with Crippen LogP contribution in [-0.4, -0.2) is 0 Å². The van der Waals surface area contributed by atoms with Gasteiger partial charge in [-0.15, -0.1) is 0 Å². The minimum absolute atomic E-state index is 1.29. The van der Waals surface area contributed by atoms with Crippen molar-refractivity contribution in [2.24, 2.45) is 0 Å². The van der Waals surface area contributed by atoms with Crippen LogP contribution in [0.25, 0.3) is 54.6 Å². The Morgan fingerprint density at radius 2 is 0.895 bits per heavy atom. The van der Waals surface area contributed by atoms with Crippen LogP contribution in [0.15, 0.2) is 84.9 Å². The molecule has 0 aliphatic heterocycles. The fourth-order valence-corrected chi connectivity index (χ4v) is 7.38. The average Bonchev–Trinajstić information content (AvgIpc) is 3.09. The van der Waals surface area contributed by atoms with Gasteiger partial charge < -0.3 is 0 Å². The van der Waals surface area contributed by atoms with Crippen LogP contribution in [0.4, 0.5) is 0 Å². The molecule has 2 aliphatic rings. The first kappa shape index (κ1) is 23.0. The van der Waals surface area contributed by atoms with Crippen molar-refractivity contribution < 1.29 is 0 Å². The van der Waals surface area contributed by atoms with Crippen molar-refractivity contribution in [2.75, 3.05) is 0 Å². The summed E-state index contributed by atoms with van der Waals surface area (Å²) in [5.41, 5.74) is 13.5. The van der Waals surface area contributed by atoms with Gasteiger partial charge in [-0.2, -0.15) is 0 Å². The number of fused-ring (bicyclic) bond motifs is 2. The second-order valence-corrected chi connectivity index (χ2v) is 11.3. The third kappa shape index (κ3) is 3.16. The van der Waals surface area contributed by atoms with E-state index in [0.29, 0.717) is 0 Å². The van der Waals surface area contributed by atoms with Crippen LogP contribution in [-0.2, 0) is 0 Å². The predicted molar refractivity (Wildman–Crippen MR) is 165 cm³/mol. The fourth-order valence-electron chi connectivity index (χ4n) is 7.38. The predicted octanol–water partition coefficient (Wildman–Crippen LogP) is 10.5. The Hall–Kier alpha value is -4.16. The molecule has 0 radical (unpaired) electrons. The van der Waals surface area contributed by atoms with Gasteiger partial charge in [0.25, 0.3) is 0 Å². The molecule has 0 unspecified atom stereocenters. The van der Waals surface area contributed by atoms with Crippen LogP contribution < -0.4 is 0 Å². The van der Waals surface area contributed by atoms with Crippen molar-refractivity contribution in [3.63, 3.8) is 0 Å². The summed E-state index contributed by atoms with van der Waals surface area (Å²) in [7, 11) is 0. The van der Waals surface area contributed by atoms with Crippen molar-refractivity contribution in [1.82, 2.24) is 0 Å². The maximum atomic E-state index is 2.41. The molecule has 0 aromatic heterocycles. The van der Waals surface area contributed by atoms with E-state index < -0.39 is 0 Å². The average molecular weight is 489 g/mol. The first-order valence-corrected chi connectivity index (χ1v) is 13.6. The van der Waals surface area contributed by atoms with Gasteiger partial charge in [0, 0.05) is 0 Å². The van der Waals surface area contributed by atoms with Gasteiger partial charge in [-0.1, -0.05) is 90.0 Å². The van der Waals surface area contributed by atoms with E-state index >= 15 is 0 Å². The first-order valence-electron chi connectivity index (χ1n) is 13.6. The van der Waals surface area contributed by atoms with Gasteiger partial charge in [0.05, 0.1) is 0 Å². The molecule has 5 aromatic rings. The van der Waals surface area contributed by atoms with E-state index in [1.807, 2.05) is 0 Å². The normalized spacial score (nSPS) is 11.9. The molecule has 7 rings (SSSR count). The second-order valence-electron chi connectivity index (χ2n) is 11.3. The number of aryl methyl sites for hydroxylation is 6. The van der Waals surface area contributed by atoms with E-state index in [9.17, 15) is 0 Å². The smallest absolute Gasteiger partial charge is 0.00137 e. The second kappa shape index (κ2) is 8.17. The molecule has 0 fully saturated rings. The molecule has 0 atom stereocenters. The van der Waals surface area contributed by atoms with Crippen LogP contribution in [0.1, 0.15) is 33.4 Å². The van der Waals surface area contributed by atoms with E-state index in [2.05, 4.69) is 126 Å². The van der Waals surface area contributed by atoms with Crippen molar-refractivity contribution in [1.29, 1.82) is 0 Å². The number of hydrogen-bond acceptors (Lipinski definition) is 0. The third-order valence-electron chi connectivity index (χ3n) is 8.50. The molecule has 0 heterocycles. The van der Waals surface area contributed by atoms with Gasteiger partial charge in [-0.3, -0.25) is 0 Å². The quantitative estimate of drug-likeness (QED) is 0.227. The Balaban J connectivity index is 1.75. The van der Waals surface area contributed by atoms with Gasteiger partial charge in [-0.05, 0) is 135 Å². The lowest BCUT2D eigenvalue weighted by molar-refractivity contribution is 1.32. The number of rotatable bonds is 2. The monoisotopic (exact) mass is 488 g/mol. The number of hydrogen-bond donors (Lipinski definition) is 0. The van der Waals surface area contributed by atoms with Crippen LogP contribution in [0.3, 0.4) is 0 Å². The largest absolute Gasteiger partial charge is 0.0610 e. The summed E-state index contributed by atoms with van der Waals surface area (Å²) < 4.78 is 0. The van der Waals surface area contributed by atoms with E-state index in [4.69, 9.17) is 0 Å². The topological polar surface area (TPSA) is 0 Å². The molecule has 38 heavy (non-hydrogen) atoms. The highest BCUT2D eigenvalue weighted by molar-refractivity contribution is 6.14. The van der Waals surface area contributed by atoms with Crippen LogP contribution in [0.2, 0.25) is 0 Å². The lowest BCUT2D eigenvalue weighted by atomic mass is 9.89. The zero-order chi connectivity index (χ0) is 26.3. The molecule has 0 saturated heterocycles. The molecule has 0 heteroatoms. The van der Waals surface area contributed by atoms with Crippen molar-refractivity contribution in [3.8, 4) is 22.3 Å². The fraction of sp³-hybridized carbons (Fsp3) is 0.158. The van der Waals surface area contributed by atoms with E-state index in [-0.39, 0.29) is 0 Å². The van der Waals surface area contributed by atoms with Gasteiger partial charge in [0.15, 0.2) is 0 Å². The number of benzene rings is 5. The molecule has 0 N–H and O–H groups in total. The first-order chi connectivity index (χ1) is 18.3. The molecule has 0 spiro atoms. The lowest BCUT2D eigenvalue weighted by Crippen LogP contribution is -1.92. The maximum absolute atomic E-state index is 2.41. The summed E-state index contributed by atoms with van der Waals surface area (Å²) in [5.74, 6) is 0. The summed E-state index contributed by atoms with van der Waals surface area (Å²) in [6.07, 6.45) is 0. The summed E-state index contributed by atoms with van der Waals surface area (Å²) in [6.45, 7) is 13.4. The Labute approximate surface area is 224 Å². The zero-order valence-electron chi connectivity index (χ0n) is 23.1. The summed E-state index contributed by atoms with van der Waals surface area (Å²) >= 11 is 0. The van der Waals surface area contributed by atoms with Crippen molar-refractivity contribution >= 4 is 32.3 Å². The highest BCUT2D eigenvalue weighted by Crippen LogP contribution is 2.44. The van der Waals surface area contributed by atoms with Gasteiger partial charge >= 0.3 is 0 Å². The van der Waals surface area contributed by atoms with Crippen LogP contribution in [0.5, 0.6) is 0 Å². The molecule has 2 aliphatic carbocycles. The Morgan fingerprint density at radius 3 is 1.55 bits per heavy atom. The maximum Gasteiger partial charge on any atom is -0.00137 e. The highest BCUT2D eigenvalue weighted by Gasteiger charge is 2.20. The van der Waals surface area contributed by atoms with Crippen molar-refractivity contribution in [3.05, 3.63) is 129 Å². The summed E-state index contributed by atoms with van der Waals surface area (Å²) in [5, 5.41) is 10.8. The standard InChI is InChI=1S/C38H32/c1-21-16-23(3)33(24(4)17-21)29-12-7-10-27-20-28-11-8-13-31-36(28)38-30(35(27)29)14-9-15-32(38)37(31)34-25(5)18-22(2)19-26(34)6/h7-20H,1-6H3. The lowest BCUT2D eigenvalue weighted by Gasteiger charge is -2.15. The minimum Gasteiger partial charge on any atom is -0.0610 e. The van der Waals surface area contributed by atoms with Crippen LogP contribution in [0, 0.1) is 52.0 Å². The van der Waals surface area contributed by atoms with E-state index in [1.165, 1.54) is 98.4 Å². The van der Waals surface area contributed by atoms with Gasteiger partial charge in [0.2, 0.25) is 0 Å². The molecular formula is C38H32. The molecule has 0 amide bonds. The van der Waals surface area contributed by atoms with E-state index in [1.54, 1.807) is 0 Å². The molecule has 5 aromatic carbocycles. The van der Waals surface area contributed by atoms with Crippen LogP contribution >= 0.6 is 0 Å². The SMILES string of the molecule is Cc1cc(C)c(-c2c3cccc4cc5cccc(-c6c(C)cc(C)cc6C)c5c5cccc2c5=c43)c(C)c1. The van der Waals surface area contributed by atoms with Crippen molar-refractivity contribution in [2.45, 2.75) is 41.5 Å². The Bertz CT molecular complexity index is 2080. The molecular weight excluding hydrogens is 456 g/mol. The summed E-state index contributed by atoms with van der Waals surface area (Å²) in [4.78, 5) is 0. The minimum atomic E-state index is 1.29. The Kier molecular flexibility index (Phi) is 4.94. The highest BCUT2D eigenvalue weighted by atomic mass is 14.2. The molecule has 184 valence electrons.